The summed E-state index contributed by atoms with van der Waals surface area (Å²) in [5, 5.41) is 0. The lowest BCUT2D eigenvalue weighted by atomic mass is 10.2. The predicted molar refractivity (Wildman–Crippen MR) is 50.6 cm³/mol. The fourth-order valence-corrected chi connectivity index (χ4v) is 0.683. The summed E-state index contributed by atoms with van der Waals surface area (Å²) < 4.78 is 4.37. The molecule has 0 aromatic rings. The van der Waals surface area contributed by atoms with E-state index in [4.69, 9.17) is 0 Å². The molecule has 14 heavy (non-hydrogen) atoms. The summed E-state index contributed by atoms with van der Waals surface area (Å²) in [6.45, 7) is 0. The molecule has 0 aliphatic rings. The van der Waals surface area contributed by atoms with Crippen molar-refractivity contribution in [1.82, 2.24) is 0 Å². The van der Waals surface area contributed by atoms with Gasteiger partial charge in [0.2, 0.25) is 0 Å². The van der Waals surface area contributed by atoms with Crippen LogP contribution in [0, 0.1) is 0 Å². The number of allylic oxidation sites excluding steroid dienone is 4. The Morgan fingerprint density at radius 3 is 2.43 bits per heavy atom. The van der Waals surface area contributed by atoms with Crippen molar-refractivity contribution in [3.8, 4) is 0 Å². The molecule has 0 radical (unpaired) electrons. The maximum Gasteiger partial charge on any atom is 0.305 e. The number of rotatable bonds is 6. The van der Waals surface area contributed by atoms with E-state index in [1.807, 2.05) is 0 Å². The van der Waals surface area contributed by atoms with Gasteiger partial charge in [-0.25, -0.2) is 0 Å². The van der Waals surface area contributed by atoms with Crippen LogP contribution in [-0.4, -0.2) is 25.1 Å². The first-order chi connectivity index (χ1) is 6.70. The molecule has 0 atom stereocenters. The van der Waals surface area contributed by atoms with Crippen LogP contribution >= 0.6 is 0 Å². The van der Waals surface area contributed by atoms with Gasteiger partial charge < -0.3 is 4.74 Å². The summed E-state index contributed by atoms with van der Waals surface area (Å²) in [5.41, 5.74) is 0. The van der Waals surface area contributed by atoms with Gasteiger partial charge in [0, 0.05) is 6.42 Å². The Hall–Kier alpha value is -1.71. The highest BCUT2D eigenvalue weighted by Crippen LogP contribution is 1.94. The molecule has 0 N–H and O–H groups in total. The van der Waals surface area contributed by atoms with Gasteiger partial charge in [0.25, 0.3) is 0 Å². The third kappa shape index (κ3) is 6.97. The molecule has 0 rings (SSSR count). The number of hydrogen-bond donors (Lipinski definition) is 0. The minimum atomic E-state index is -0.407. The molecular weight excluding hydrogens is 184 g/mol. The first-order valence-corrected chi connectivity index (χ1v) is 4.09. The summed E-state index contributed by atoms with van der Waals surface area (Å²) in [5.74, 6) is -0.582. The van der Waals surface area contributed by atoms with Crippen molar-refractivity contribution in [2.75, 3.05) is 7.11 Å². The van der Waals surface area contributed by atoms with E-state index in [1.165, 1.54) is 31.4 Å². The molecular formula is C10H12O4. The zero-order chi connectivity index (χ0) is 10.8. The molecule has 0 saturated carbocycles. The van der Waals surface area contributed by atoms with Gasteiger partial charge in [0.1, 0.15) is 6.29 Å². The monoisotopic (exact) mass is 196 g/mol. The zero-order valence-electron chi connectivity index (χ0n) is 7.93. The van der Waals surface area contributed by atoms with E-state index in [2.05, 4.69) is 4.74 Å². The summed E-state index contributed by atoms with van der Waals surface area (Å²) in [4.78, 5) is 31.5. The highest BCUT2D eigenvalue weighted by Gasteiger charge is 2.02. The minimum Gasteiger partial charge on any atom is -0.469 e. The Kier molecular flexibility index (Phi) is 6.95. The molecule has 0 saturated heterocycles. The van der Waals surface area contributed by atoms with Crippen molar-refractivity contribution < 1.29 is 19.1 Å². The Morgan fingerprint density at radius 2 is 1.86 bits per heavy atom. The van der Waals surface area contributed by atoms with Gasteiger partial charge in [-0.15, -0.1) is 0 Å². The molecule has 4 heteroatoms. The fourth-order valence-electron chi connectivity index (χ4n) is 0.683. The average molecular weight is 196 g/mol. The number of carbonyl (C=O) groups excluding carboxylic acids is 3. The summed E-state index contributed by atoms with van der Waals surface area (Å²) in [6, 6.07) is 0. The summed E-state index contributed by atoms with van der Waals surface area (Å²) in [7, 11) is 1.27. The molecule has 4 nitrogen and oxygen atoms in total. The second kappa shape index (κ2) is 7.91. The smallest absolute Gasteiger partial charge is 0.305 e. The number of aldehydes is 1. The first-order valence-electron chi connectivity index (χ1n) is 4.09. The van der Waals surface area contributed by atoms with E-state index in [9.17, 15) is 14.4 Å². The van der Waals surface area contributed by atoms with Gasteiger partial charge in [0.15, 0.2) is 5.78 Å². The lowest BCUT2D eigenvalue weighted by molar-refractivity contribution is -0.141. The van der Waals surface area contributed by atoms with Crippen LogP contribution in [0.2, 0.25) is 0 Å². The Labute approximate surface area is 82.2 Å². The Morgan fingerprint density at radius 1 is 1.14 bits per heavy atom. The number of esters is 1. The Balaban J connectivity index is 3.75. The van der Waals surface area contributed by atoms with Crippen molar-refractivity contribution in [2.45, 2.75) is 12.8 Å². The SMILES string of the molecule is COC(=O)CCC(=O)/C=C/C=C\C=O. The lowest BCUT2D eigenvalue weighted by Gasteiger charge is -1.94. The molecule has 0 fully saturated rings. The van der Waals surface area contributed by atoms with Crippen molar-refractivity contribution in [3.05, 3.63) is 24.3 Å². The fraction of sp³-hybridized carbons (Fsp3) is 0.300. The highest BCUT2D eigenvalue weighted by atomic mass is 16.5. The van der Waals surface area contributed by atoms with Gasteiger partial charge in [-0.1, -0.05) is 12.2 Å². The zero-order valence-corrected chi connectivity index (χ0v) is 7.93. The van der Waals surface area contributed by atoms with Crippen LogP contribution in [0.5, 0.6) is 0 Å². The molecule has 0 heterocycles. The van der Waals surface area contributed by atoms with Crippen LogP contribution < -0.4 is 0 Å². The van der Waals surface area contributed by atoms with Crippen LogP contribution in [0.25, 0.3) is 0 Å². The topological polar surface area (TPSA) is 60.4 Å². The molecule has 0 unspecified atom stereocenters. The largest absolute Gasteiger partial charge is 0.469 e. The van der Waals surface area contributed by atoms with E-state index in [0.29, 0.717) is 6.29 Å². The second-order valence-electron chi connectivity index (χ2n) is 2.42. The number of ketones is 1. The quantitative estimate of drug-likeness (QED) is 0.273. The van der Waals surface area contributed by atoms with E-state index < -0.39 is 5.97 Å². The number of hydrogen-bond acceptors (Lipinski definition) is 4. The molecule has 0 spiro atoms. The average Bonchev–Trinajstić information content (AvgIpc) is 2.21. The minimum absolute atomic E-state index is 0.0804. The maximum absolute atomic E-state index is 11.0. The molecule has 0 aromatic heterocycles. The first kappa shape index (κ1) is 12.3. The lowest BCUT2D eigenvalue weighted by Crippen LogP contribution is -2.03. The number of methoxy groups -OCH3 is 1. The normalized spacial score (nSPS) is 10.6. The summed E-state index contributed by atoms with van der Waals surface area (Å²) >= 11 is 0. The molecule has 0 aromatic carbocycles. The van der Waals surface area contributed by atoms with E-state index in [0.717, 1.165) is 0 Å². The van der Waals surface area contributed by atoms with Gasteiger partial charge in [-0.2, -0.15) is 0 Å². The standard InChI is InChI=1S/C10H12O4/c1-14-10(13)7-6-9(12)5-3-2-4-8-11/h2-5,8H,6-7H2,1H3/b4-2-,5-3+. The van der Waals surface area contributed by atoms with Gasteiger partial charge in [-0.05, 0) is 12.2 Å². The van der Waals surface area contributed by atoms with Crippen molar-refractivity contribution >= 4 is 18.0 Å². The Bertz CT molecular complexity index is 263. The molecule has 0 bridgehead atoms. The third-order valence-electron chi connectivity index (χ3n) is 1.39. The molecule has 0 aliphatic carbocycles. The van der Waals surface area contributed by atoms with Crippen molar-refractivity contribution in [2.24, 2.45) is 0 Å². The van der Waals surface area contributed by atoms with Gasteiger partial charge in [-0.3, -0.25) is 14.4 Å². The number of ether oxygens (including phenoxy) is 1. The van der Waals surface area contributed by atoms with E-state index in [1.54, 1.807) is 0 Å². The van der Waals surface area contributed by atoms with Crippen LogP contribution in [0.3, 0.4) is 0 Å². The van der Waals surface area contributed by atoms with Gasteiger partial charge in [0.05, 0.1) is 13.5 Å². The summed E-state index contributed by atoms with van der Waals surface area (Å²) in [6.07, 6.45) is 6.29. The highest BCUT2D eigenvalue weighted by molar-refractivity contribution is 5.92. The third-order valence-corrected chi connectivity index (χ3v) is 1.39. The van der Waals surface area contributed by atoms with E-state index in [-0.39, 0.29) is 18.6 Å². The molecule has 0 amide bonds. The van der Waals surface area contributed by atoms with E-state index >= 15 is 0 Å². The predicted octanol–water partition coefficient (Wildman–Crippen LogP) is 0.820. The van der Waals surface area contributed by atoms with Crippen LogP contribution in [0.4, 0.5) is 0 Å². The van der Waals surface area contributed by atoms with Crippen LogP contribution in [0.15, 0.2) is 24.3 Å². The second-order valence-corrected chi connectivity index (χ2v) is 2.42. The molecule has 0 aliphatic heterocycles. The van der Waals surface area contributed by atoms with Crippen LogP contribution in [0.1, 0.15) is 12.8 Å². The van der Waals surface area contributed by atoms with Crippen molar-refractivity contribution in [3.63, 3.8) is 0 Å². The van der Waals surface area contributed by atoms with Gasteiger partial charge >= 0.3 is 5.97 Å². The molecule has 76 valence electrons. The van der Waals surface area contributed by atoms with Crippen LogP contribution in [-0.2, 0) is 19.1 Å². The maximum atomic E-state index is 11.0. The van der Waals surface area contributed by atoms with Crippen molar-refractivity contribution in [1.29, 1.82) is 0 Å². The number of carbonyl (C=O) groups is 3.